The summed E-state index contributed by atoms with van der Waals surface area (Å²) in [5.41, 5.74) is 2.41. The molecule has 0 aliphatic rings. The van der Waals surface area contributed by atoms with Crippen molar-refractivity contribution in [2.75, 3.05) is 6.61 Å². The number of halogens is 2. The predicted molar refractivity (Wildman–Crippen MR) is 90.7 cm³/mol. The summed E-state index contributed by atoms with van der Waals surface area (Å²) < 4.78 is 6.10. The lowest BCUT2D eigenvalue weighted by molar-refractivity contribution is -0.139. The van der Waals surface area contributed by atoms with Gasteiger partial charge in [-0.05, 0) is 42.8 Å². The normalized spacial score (nSPS) is 10.9. The summed E-state index contributed by atoms with van der Waals surface area (Å²) in [5, 5.41) is 9.32. The SMILES string of the molecule is Cc1ccc(Cl)cc1N=Cc1cc(Br)ccc1OCC(=O)O. The Morgan fingerprint density at radius 3 is 2.86 bits per heavy atom. The highest BCUT2D eigenvalue weighted by molar-refractivity contribution is 9.10. The van der Waals surface area contributed by atoms with Crippen LogP contribution in [0.4, 0.5) is 5.69 Å². The van der Waals surface area contributed by atoms with Crippen LogP contribution in [0.3, 0.4) is 0 Å². The van der Waals surface area contributed by atoms with E-state index in [-0.39, 0.29) is 0 Å². The molecular formula is C16H13BrClNO3. The zero-order valence-corrected chi connectivity index (χ0v) is 14.1. The maximum Gasteiger partial charge on any atom is 0.341 e. The van der Waals surface area contributed by atoms with Crippen LogP contribution in [0.1, 0.15) is 11.1 Å². The average Bonchev–Trinajstić information content (AvgIpc) is 2.47. The molecule has 0 saturated carbocycles. The van der Waals surface area contributed by atoms with E-state index in [4.69, 9.17) is 21.4 Å². The minimum Gasteiger partial charge on any atom is -0.481 e. The molecule has 0 aromatic heterocycles. The third-order valence-electron chi connectivity index (χ3n) is 2.84. The maximum atomic E-state index is 10.6. The molecule has 0 amide bonds. The molecule has 0 unspecified atom stereocenters. The molecule has 114 valence electrons. The fourth-order valence-corrected chi connectivity index (χ4v) is 2.30. The Morgan fingerprint density at radius 1 is 1.36 bits per heavy atom. The van der Waals surface area contributed by atoms with E-state index >= 15 is 0 Å². The molecule has 1 N–H and O–H groups in total. The quantitative estimate of drug-likeness (QED) is 0.767. The van der Waals surface area contributed by atoms with Gasteiger partial charge in [0.25, 0.3) is 0 Å². The van der Waals surface area contributed by atoms with Gasteiger partial charge in [0.15, 0.2) is 6.61 Å². The summed E-state index contributed by atoms with van der Waals surface area (Å²) in [6.07, 6.45) is 1.63. The van der Waals surface area contributed by atoms with Gasteiger partial charge in [0, 0.05) is 21.3 Å². The summed E-state index contributed by atoms with van der Waals surface area (Å²) in [5.74, 6) is -0.578. The fraction of sp³-hybridized carbons (Fsp3) is 0.125. The zero-order chi connectivity index (χ0) is 16.1. The number of ether oxygens (including phenoxy) is 1. The number of benzene rings is 2. The largest absolute Gasteiger partial charge is 0.481 e. The van der Waals surface area contributed by atoms with Crippen LogP contribution >= 0.6 is 27.5 Å². The molecule has 0 bridgehead atoms. The van der Waals surface area contributed by atoms with Gasteiger partial charge in [-0.15, -0.1) is 0 Å². The number of carboxylic acid groups (broad SMARTS) is 1. The van der Waals surface area contributed by atoms with Crippen molar-refractivity contribution in [3.05, 3.63) is 57.0 Å². The van der Waals surface area contributed by atoms with Crippen molar-refractivity contribution < 1.29 is 14.6 Å². The highest BCUT2D eigenvalue weighted by atomic mass is 79.9. The molecule has 4 nitrogen and oxygen atoms in total. The molecule has 2 aromatic carbocycles. The number of carboxylic acids is 1. The first-order valence-corrected chi connectivity index (χ1v) is 7.57. The number of hydrogen-bond acceptors (Lipinski definition) is 3. The van der Waals surface area contributed by atoms with Gasteiger partial charge in [0.05, 0.1) is 5.69 Å². The Bertz CT molecular complexity index is 731. The minimum atomic E-state index is -1.03. The van der Waals surface area contributed by atoms with Crippen LogP contribution in [0.15, 0.2) is 45.9 Å². The topological polar surface area (TPSA) is 58.9 Å². The minimum absolute atomic E-state index is 0.404. The van der Waals surface area contributed by atoms with E-state index < -0.39 is 12.6 Å². The van der Waals surface area contributed by atoms with E-state index in [9.17, 15) is 4.79 Å². The molecule has 0 fully saturated rings. The number of hydrogen-bond donors (Lipinski definition) is 1. The average molecular weight is 383 g/mol. The van der Waals surface area contributed by atoms with Crippen molar-refractivity contribution in [3.8, 4) is 5.75 Å². The second-order valence-corrected chi connectivity index (χ2v) is 5.91. The van der Waals surface area contributed by atoms with Crippen molar-refractivity contribution >= 4 is 45.4 Å². The maximum absolute atomic E-state index is 10.6. The van der Waals surface area contributed by atoms with Crippen LogP contribution in [-0.2, 0) is 4.79 Å². The lowest BCUT2D eigenvalue weighted by Crippen LogP contribution is -2.10. The number of aliphatic imine (C=N–C) groups is 1. The number of carbonyl (C=O) groups is 1. The molecule has 0 radical (unpaired) electrons. The van der Waals surface area contributed by atoms with Gasteiger partial charge in [-0.1, -0.05) is 33.6 Å². The second-order valence-electron chi connectivity index (χ2n) is 4.55. The fourth-order valence-electron chi connectivity index (χ4n) is 1.75. The van der Waals surface area contributed by atoms with Gasteiger partial charge in [-0.2, -0.15) is 0 Å². The summed E-state index contributed by atoms with van der Waals surface area (Å²) in [6.45, 7) is 1.53. The third-order valence-corrected chi connectivity index (χ3v) is 3.57. The Labute approximate surface area is 141 Å². The first-order chi connectivity index (χ1) is 10.5. The van der Waals surface area contributed by atoms with Crippen LogP contribution in [0.25, 0.3) is 0 Å². The van der Waals surface area contributed by atoms with Crippen molar-refractivity contribution in [1.29, 1.82) is 0 Å². The van der Waals surface area contributed by atoms with Gasteiger partial charge in [0.1, 0.15) is 5.75 Å². The number of rotatable bonds is 5. The Morgan fingerprint density at radius 2 is 2.14 bits per heavy atom. The van der Waals surface area contributed by atoms with E-state index in [1.807, 2.05) is 13.0 Å². The standard InChI is InChI=1S/C16H13BrClNO3/c1-10-2-4-13(18)7-14(10)19-8-11-6-12(17)3-5-15(11)22-9-16(20)21/h2-8H,9H2,1H3,(H,20,21). The lowest BCUT2D eigenvalue weighted by atomic mass is 10.2. The first kappa shape index (κ1) is 16.5. The first-order valence-electron chi connectivity index (χ1n) is 6.40. The van der Waals surface area contributed by atoms with Crippen molar-refractivity contribution in [2.24, 2.45) is 4.99 Å². The molecule has 22 heavy (non-hydrogen) atoms. The highest BCUT2D eigenvalue weighted by Gasteiger charge is 2.06. The third kappa shape index (κ3) is 4.58. The predicted octanol–water partition coefficient (Wildman–Crippen LogP) is 4.62. The highest BCUT2D eigenvalue weighted by Crippen LogP contribution is 2.25. The van der Waals surface area contributed by atoms with Crippen molar-refractivity contribution in [2.45, 2.75) is 6.92 Å². The van der Waals surface area contributed by atoms with E-state index in [0.29, 0.717) is 16.3 Å². The van der Waals surface area contributed by atoms with E-state index in [1.54, 1.807) is 36.5 Å². The van der Waals surface area contributed by atoms with Gasteiger partial charge in [0.2, 0.25) is 0 Å². The molecule has 0 spiro atoms. The van der Waals surface area contributed by atoms with Crippen LogP contribution in [0.2, 0.25) is 5.02 Å². The number of aryl methyl sites for hydroxylation is 1. The van der Waals surface area contributed by atoms with Crippen molar-refractivity contribution in [3.63, 3.8) is 0 Å². The summed E-state index contributed by atoms with van der Waals surface area (Å²) >= 11 is 9.34. The number of nitrogens with zero attached hydrogens (tertiary/aromatic N) is 1. The molecule has 2 aromatic rings. The molecule has 6 heteroatoms. The monoisotopic (exact) mass is 381 g/mol. The number of aliphatic carboxylic acids is 1. The Balaban J connectivity index is 2.31. The molecule has 0 atom stereocenters. The van der Waals surface area contributed by atoms with Crippen LogP contribution in [0.5, 0.6) is 5.75 Å². The Kier molecular flexibility index (Phi) is 5.57. The van der Waals surface area contributed by atoms with E-state index in [0.717, 1.165) is 15.7 Å². The summed E-state index contributed by atoms with van der Waals surface area (Å²) in [4.78, 5) is 15.0. The van der Waals surface area contributed by atoms with Crippen LogP contribution in [-0.4, -0.2) is 23.9 Å². The molecule has 0 heterocycles. The van der Waals surface area contributed by atoms with Crippen LogP contribution in [0, 0.1) is 6.92 Å². The molecule has 0 saturated heterocycles. The summed E-state index contributed by atoms with van der Waals surface area (Å²) in [6, 6.07) is 10.7. The van der Waals surface area contributed by atoms with Crippen molar-refractivity contribution in [1.82, 2.24) is 0 Å². The van der Waals surface area contributed by atoms with Gasteiger partial charge in [-0.25, -0.2) is 4.79 Å². The van der Waals surface area contributed by atoms with Crippen LogP contribution < -0.4 is 4.74 Å². The molecule has 0 aliphatic heterocycles. The second kappa shape index (κ2) is 7.42. The Hall–Kier alpha value is -1.85. The lowest BCUT2D eigenvalue weighted by Gasteiger charge is -2.07. The molecular weight excluding hydrogens is 370 g/mol. The molecule has 0 aliphatic carbocycles. The van der Waals surface area contributed by atoms with E-state index in [1.165, 1.54) is 0 Å². The van der Waals surface area contributed by atoms with Gasteiger partial charge < -0.3 is 9.84 Å². The van der Waals surface area contributed by atoms with Gasteiger partial charge in [-0.3, -0.25) is 4.99 Å². The van der Waals surface area contributed by atoms with E-state index in [2.05, 4.69) is 20.9 Å². The molecule has 2 rings (SSSR count). The zero-order valence-electron chi connectivity index (χ0n) is 11.7. The van der Waals surface area contributed by atoms with Gasteiger partial charge >= 0.3 is 5.97 Å². The smallest absolute Gasteiger partial charge is 0.341 e. The summed E-state index contributed by atoms with van der Waals surface area (Å²) in [7, 11) is 0.